The van der Waals surface area contributed by atoms with Crippen molar-refractivity contribution in [1.29, 1.82) is 0 Å². The number of piperidine rings is 1. The van der Waals surface area contributed by atoms with Gasteiger partial charge in [0.2, 0.25) is 10.0 Å². The molecule has 0 saturated carbocycles. The zero-order valence-electron chi connectivity index (χ0n) is 10.1. The van der Waals surface area contributed by atoms with Crippen molar-refractivity contribution in [2.24, 2.45) is 0 Å². The maximum Gasteiger partial charge on any atom is 0.289 e. The lowest BCUT2D eigenvalue weighted by atomic mass is 10.1. The number of rotatable bonds is 3. The summed E-state index contributed by atoms with van der Waals surface area (Å²) in [5.74, 6) is 0.0926. The number of hydrogen-bond acceptors (Lipinski definition) is 4. The molecule has 1 fully saturated rings. The van der Waals surface area contributed by atoms with Crippen molar-refractivity contribution in [3.63, 3.8) is 0 Å². The predicted molar refractivity (Wildman–Crippen MR) is 65.6 cm³/mol. The van der Waals surface area contributed by atoms with Crippen LogP contribution >= 0.6 is 0 Å². The van der Waals surface area contributed by atoms with E-state index in [1.807, 2.05) is 0 Å². The molecule has 7 heteroatoms. The second kappa shape index (κ2) is 5.11. The molecule has 18 heavy (non-hydrogen) atoms. The van der Waals surface area contributed by atoms with Crippen molar-refractivity contribution >= 4 is 15.9 Å². The van der Waals surface area contributed by atoms with Gasteiger partial charge in [-0.2, -0.15) is 0 Å². The van der Waals surface area contributed by atoms with Gasteiger partial charge < -0.3 is 9.32 Å². The van der Waals surface area contributed by atoms with Crippen molar-refractivity contribution in [2.75, 3.05) is 19.3 Å². The Morgan fingerprint density at radius 2 is 2.33 bits per heavy atom. The van der Waals surface area contributed by atoms with Gasteiger partial charge in [-0.05, 0) is 25.0 Å². The molecular weight excluding hydrogens is 256 g/mol. The molecule has 1 saturated heterocycles. The first-order chi connectivity index (χ1) is 8.46. The maximum absolute atomic E-state index is 12.0. The Bertz CT molecular complexity index is 509. The van der Waals surface area contributed by atoms with Crippen molar-refractivity contribution in [1.82, 2.24) is 9.62 Å². The van der Waals surface area contributed by atoms with Gasteiger partial charge in [-0.25, -0.2) is 13.1 Å². The van der Waals surface area contributed by atoms with E-state index in [0.29, 0.717) is 13.1 Å². The highest BCUT2D eigenvalue weighted by Crippen LogP contribution is 2.14. The number of sulfonamides is 1. The predicted octanol–water partition coefficient (Wildman–Crippen LogP) is 0.433. The highest BCUT2D eigenvalue weighted by Gasteiger charge is 2.27. The van der Waals surface area contributed by atoms with Gasteiger partial charge in [-0.3, -0.25) is 4.79 Å². The lowest BCUT2D eigenvalue weighted by Gasteiger charge is -2.32. The highest BCUT2D eigenvalue weighted by molar-refractivity contribution is 7.88. The monoisotopic (exact) mass is 272 g/mol. The van der Waals surface area contributed by atoms with E-state index in [4.69, 9.17) is 4.42 Å². The van der Waals surface area contributed by atoms with E-state index >= 15 is 0 Å². The normalized spacial score (nSPS) is 20.9. The minimum Gasteiger partial charge on any atom is -0.459 e. The molecular formula is C11H16N2O4S. The SMILES string of the molecule is CS(=O)(=O)N[C@@H]1CCCN(C(=O)c2ccco2)C1. The smallest absolute Gasteiger partial charge is 0.289 e. The van der Waals surface area contributed by atoms with Crippen LogP contribution in [0.5, 0.6) is 0 Å². The summed E-state index contributed by atoms with van der Waals surface area (Å²) in [6.07, 6.45) is 4.10. The Kier molecular flexibility index (Phi) is 3.72. The summed E-state index contributed by atoms with van der Waals surface area (Å²) in [4.78, 5) is 13.6. The van der Waals surface area contributed by atoms with Crippen molar-refractivity contribution in [3.05, 3.63) is 24.2 Å². The third kappa shape index (κ3) is 3.33. The lowest BCUT2D eigenvalue weighted by Crippen LogP contribution is -2.49. The molecule has 1 aromatic heterocycles. The van der Waals surface area contributed by atoms with Crippen LogP contribution in [-0.2, 0) is 10.0 Å². The molecule has 1 amide bonds. The average molecular weight is 272 g/mol. The number of nitrogens with zero attached hydrogens (tertiary/aromatic N) is 1. The summed E-state index contributed by atoms with van der Waals surface area (Å²) in [6.45, 7) is 1.01. The third-order valence-electron chi connectivity index (χ3n) is 2.82. The van der Waals surface area contributed by atoms with Crippen LogP contribution in [0.1, 0.15) is 23.4 Å². The van der Waals surface area contributed by atoms with Gasteiger partial charge >= 0.3 is 0 Å². The fourth-order valence-electron chi connectivity index (χ4n) is 2.12. The Hall–Kier alpha value is -1.34. The van der Waals surface area contributed by atoms with Crippen LogP contribution in [0.3, 0.4) is 0 Å². The fraction of sp³-hybridized carbons (Fsp3) is 0.545. The zero-order chi connectivity index (χ0) is 13.2. The molecule has 1 aliphatic heterocycles. The zero-order valence-corrected chi connectivity index (χ0v) is 10.9. The van der Waals surface area contributed by atoms with E-state index in [9.17, 15) is 13.2 Å². The number of carbonyl (C=O) groups is 1. The van der Waals surface area contributed by atoms with Crippen LogP contribution < -0.4 is 4.72 Å². The van der Waals surface area contributed by atoms with Crippen LogP contribution in [0.15, 0.2) is 22.8 Å². The van der Waals surface area contributed by atoms with Gasteiger partial charge in [0.15, 0.2) is 5.76 Å². The molecule has 6 nitrogen and oxygen atoms in total. The van der Waals surface area contributed by atoms with E-state index in [0.717, 1.165) is 19.1 Å². The first-order valence-electron chi connectivity index (χ1n) is 5.76. The molecule has 0 unspecified atom stereocenters. The molecule has 100 valence electrons. The van der Waals surface area contributed by atoms with Crippen LogP contribution in [0.2, 0.25) is 0 Å². The van der Waals surface area contributed by atoms with E-state index in [-0.39, 0.29) is 17.7 Å². The molecule has 1 atom stereocenters. The quantitative estimate of drug-likeness (QED) is 0.865. The molecule has 0 aliphatic carbocycles. The molecule has 2 rings (SSSR count). The van der Waals surface area contributed by atoms with Gasteiger partial charge in [0.1, 0.15) is 0 Å². The third-order valence-corrected chi connectivity index (χ3v) is 3.58. The van der Waals surface area contributed by atoms with E-state index in [1.54, 1.807) is 17.0 Å². The first-order valence-corrected chi connectivity index (χ1v) is 7.65. The summed E-state index contributed by atoms with van der Waals surface area (Å²) < 4.78 is 29.9. The topological polar surface area (TPSA) is 79.6 Å². The summed E-state index contributed by atoms with van der Waals surface area (Å²) in [6, 6.07) is 3.05. The molecule has 1 N–H and O–H groups in total. The fourth-order valence-corrected chi connectivity index (χ4v) is 2.91. The Labute approximate surface area is 106 Å². The van der Waals surface area contributed by atoms with E-state index in [1.165, 1.54) is 6.26 Å². The number of nitrogens with one attached hydrogen (secondary N) is 1. The highest BCUT2D eigenvalue weighted by atomic mass is 32.2. The second-order valence-corrected chi connectivity index (χ2v) is 6.24. The van der Waals surface area contributed by atoms with Gasteiger partial charge in [0, 0.05) is 19.1 Å². The maximum atomic E-state index is 12.0. The molecule has 0 aromatic carbocycles. The Morgan fingerprint density at radius 3 is 2.94 bits per heavy atom. The first kappa shape index (κ1) is 13.1. The van der Waals surface area contributed by atoms with Crippen LogP contribution in [0.25, 0.3) is 0 Å². The number of hydrogen-bond donors (Lipinski definition) is 1. The minimum absolute atomic E-state index is 0.194. The second-order valence-electron chi connectivity index (χ2n) is 4.46. The molecule has 0 radical (unpaired) electrons. The van der Waals surface area contributed by atoms with Gasteiger partial charge in [-0.1, -0.05) is 0 Å². The number of amides is 1. The minimum atomic E-state index is -3.24. The molecule has 1 aromatic rings. The van der Waals surface area contributed by atoms with Crippen molar-refractivity contribution < 1.29 is 17.6 Å². The Morgan fingerprint density at radius 1 is 1.56 bits per heavy atom. The van der Waals surface area contributed by atoms with E-state index < -0.39 is 10.0 Å². The van der Waals surface area contributed by atoms with E-state index in [2.05, 4.69) is 4.72 Å². The molecule has 2 heterocycles. The van der Waals surface area contributed by atoms with Crippen molar-refractivity contribution in [3.8, 4) is 0 Å². The standard InChI is InChI=1S/C11H16N2O4S/c1-18(15,16)12-9-4-2-6-13(8-9)11(14)10-5-3-7-17-10/h3,5,7,9,12H,2,4,6,8H2,1H3/t9-/m1/s1. The van der Waals surface area contributed by atoms with Gasteiger partial charge in [-0.15, -0.1) is 0 Å². The number of furan rings is 1. The van der Waals surface area contributed by atoms with Crippen LogP contribution in [-0.4, -0.2) is 44.6 Å². The van der Waals surface area contributed by atoms with Crippen molar-refractivity contribution in [2.45, 2.75) is 18.9 Å². The van der Waals surface area contributed by atoms with Crippen LogP contribution in [0.4, 0.5) is 0 Å². The summed E-state index contributed by atoms with van der Waals surface area (Å²) in [5, 5.41) is 0. The number of carbonyl (C=O) groups excluding carboxylic acids is 1. The molecule has 1 aliphatic rings. The Balaban J connectivity index is 2.01. The largest absolute Gasteiger partial charge is 0.459 e. The van der Waals surface area contributed by atoms with Gasteiger partial charge in [0.25, 0.3) is 5.91 Å². The summed E-state index contributed by atoms with van der Waals surface area (Å²) in [5.41, 5.74) is 0. The summed E-state index contributed by atoms with van der Waals surface area (Å²) in [7, 11) is -3.24. The lowest BCUT2D eigenvalue weighted by molar-refractivity contribution is 0.0671. The number of likely N-dealkylation sites (tertiary alicyclic amines) is 1. The molecule has 0 bridgehead atoms. The van der Waals surface area contributed by atoms with Crippen LogP contribution in [0, 0.1) is 0 Å². The van der Waals surface area contributed by atoms with Gasteiger partial charge in [0.05, 0.1) is 12.5 Å². The average Bonchev–Trinajstić information content (AvgIpc) is 2.79. The summed E-state index contributed by atoms with van der Waals surface area (Å²) >= 11 is 0. The molecule has 0 spiro atoms.